The van der Waals surface area contributed by atoms with E-state index in [0.717, 1.165) is 16.9 Å². The van der Waals surface area contributed by atoms with Crippen LogP contribution in [0.2, 0.25) is 5.02 Å². The molecule has 0 radical (unpaired) electrons. The predicted molar refractivity (Wildman–Crippen MR) is 110 cm³/mol. The van der Waals surface area contributed by atoms with Crippen molar-refractivity contribution in [2.75, 3.05) is 19.0 Å². The van der Waals surface area contributed by atoms with Crippen LogP contribution in [0.1, 0.15) is 5.56 Å². The van der Waals surface area contributed by atoms with Crippen LogP contribution in [0.3, 0.4) is 0 Å². The number of nitrogens with zero attached hydrogens (tertiary/aromatic N) is 2. The highest BCUT2D eigenvalue weighted by Gasteiger charge is 2.34. The Bertz CT molecular complexity index is 1120. The zero-order chi connectivity index (χ0) is 20.7. The lowest BCUT2D eigenvalue weighted by Crippen LogP contribution is -2.11. The van der Waals surface area contributed by atoms with Gasteiger partial charge in [-0.05, 0) is 43.3 Å². The number of aryl methyl sites for hydroxylation is 1. The number of hydrogen-bond donors (Lipinski definition) is 0. The summed E-state index contributed by atoms with van der Waals surface area (Å²) < 4.78 is 52.4. The topological polar surface area (TPSA) is 84.4 Å². The number of hydrogen-bond acceptors (Lipinski definition) is 7. The number of aromatic nitrogens is 1. The molecule has 0 N–H and O–H groups in total. The Kier molecular flexibility index (Phi) is 5.55. The van der Waals surface area contributed by atoms with E-state index in [2.05, 4.69) is 4.98 Å². The van der Waals surface area contributed by atoms with Gasteiger partial charge in [-0.25, -0.2) is 21.8 Å². The van der Waals surface area contributed by atoms with E-state index in [4.69, 9.17) is 11.6 Å². The lowest BCUT2D eigenvalue weighted by molar-refractivity contribution is 0.581. The first-order chi connectivity index (χ1) is 13.0. The van der Waals surface area contributed by atoms with Gasteiger partial charge in [0.1, 0.15) is 0 Å². The number of halogens is 1. The average molecular weight is 457 g/mol. The summed E-state index contributed by atoms with van der Waals surface area (Å²) in [4.78, 5) is 5.65. The van der Waals surface area contributed by atoms with E-state index in [-0.39, 0.29) is 19.1 Å². The first-order valence-electron chi connectivity index (χ1n) is 8.04. The molecule has 0 spiro atoms. The van der Waals surface area contributed by atoms with Crippen molar-refractivity contribution < 1.29 is 16.8 Å². The lowest BCUT2D eigenvalue weighted by atomic mass is 10.2. The van der Waals surface area contributed by atoms with Gasteiger partial charge in [0.25, 0.3) is 0 Å². The molecule has 0 saturated heterocycles. The average Bonchev–Trinajstić information content (AvgIpc) is 3.10. The Balaban J connectivity index is 2.25. The maximum Gasteiger partial charge on any atom is 0.226 e. The summed E-state index contributed by atoms with van der Waals surface area (Å²) in [7, 11) is -4.90. The molecular weight excluding hydrogens is 440 g/mol. The van der Waals surface area contributed by atoms with E-state index in [1.165, 1.54) is 36.4 Å². The fourth-order valence-corrected chi connectivity index (χ4v) is 7.36. The highest BCUT2D eigenvalue weighted by Crippen LogP contribution is 2.38. The molecule has 0 bridgehead atoms. The van der Waals surface area contributed by atoms with Gasteiger partial charge in [-0.1, -0.05) is 40.6 Å². The van der Waals surface area contributed by atoms with Crippen molar-refractivity contribution in [1.82, 2.24) is 4.98 Å². The molecule has 3 aromatic rings. The molecule has 0 aliphatic rings. The Morgan fingerprint density at radius 2 is 1.36 bits per heavy atom. The van der Waals surface area contributed by atoms with Crippen LogP contribution in [0, 0.1) is 6.92 Å². The second-order valence-corrected chi connectivity index (χ2v) is 11.7. The molecule has 3 rings (SSSR count). The van der Waals surface area contributed by atoms with E-state index < -0.39 is 24.7 Å². The van der Waals surface area contributed by atoms with Crippen molar-refractivity contribution in [3.8, 4) is 0 Å². The number of sulfone groups is 2. The van der Waals surface area contributed by atoms with Crippen molar-refractivity contribution in [2.24, 2.45) is 0 Å². The van der Waals surface area contributed by atoms with Crippen LogP contribution in [0.15, 0.2) is 67.6 Å². The van der Waals surface area contributed by atoms with E-state index in [9.17, 15) is 16.8 Å². The second-order valence-electron chi connectivity index (χ2n) is 6.26. The summed E-state index contributed by atoms with van der Waals surface area (Å²) in [5.74, 6) is 0. The Labute approximate surface area is 173 Å². The van der Waals surface area contributed by atoms with Crippen LogP contribution < -0.4 is 4.90 Å². The maximum atomic E-state index is 13.2. The monoisotopic (exact) mass is 456 g/mol. The Morgan fingerprint density at radius 3 is 1.89 bits per heavy atom. The van der Waals surface area contributed by atoms with Crippen molar-refractivity contribution in [2.45, 2.75) is 25.9 Å². The molecule has 2 aromatic carbocycles. The fraction of sp³-hybridized carbons (Fsp3) is 0.167. The molecule has 0 aliphatic heterocycles. The normalized spacial score (nSPS) is 12.1. The van der Waals surface area contributed by atoms with E-state index in [1.807, 2.05) is 6.92 Å². The molecule has 1 aromatic heterocycles. The van der Waals surface area contributed by atoms with Crippen LogP contribution >= 0.6 is 22.9 Å². The van der Waals surface area contributed by atoms with Gasteiger partial charge >= 0.3 is 0 Å². The van der Waals surface area contributed by atoms with E-state index >= 15 is 0 Å². The van der Waals surface area contributed by atoms with Gasteiger partial charge in [-0.2, -0.15) is 0 Å². The van der Waals surface area contributed by atoms with Crippen LogP contribution in [-0.2, 0) is 19.7 Å². The minimum Gasteiger partial charge on any atom is -0.354 e. The second kappa shape index (κ2) is 7.47. The fourth-order valence-electron chi connectivity index (χ4n) is 2.36. The van der Waals surface area contributed by atoms with Gasteiger partial charge in [0.05, 0.1) is 9.79 Å². The summed E-state index contributed by atoms with van der Waals surface area (Å²) in [6.45, 7) is 1.83. The molecule has 0 fully saturated rings. The van der Waals surface area contributed by atoms with Crippen molar-refractivity contribution in [3.05, 3.63) is 59.1 Å². The number of anilines is 1. The highest BCUT2D eigenvalue weighted by atomic mass is 35.5. The predicted octanol–water partition coefficient (Wildman–Crippen LogP) is 3.84. The zero-order valence-electron chi connectivity index (χ0n) is 15.2. The summed E-state index contributed by atoms with van der Waals surface area (Å²) in [5.41, 5.74) is 0.889. The summed E-state index contributed by atoms with van der Waals surface area (Å²) in [6.07, 6.45) is 0. The van der Waals surface area contributed by atoms with Gasteiger partial charge in [-0.15, -0.1) is 0 Å². The van der Waals surface area contributed by atoms with Crippen LogP contribution in [0.5, 0.6) is 0 Å². The standard InChI is InChI=1S/C18H17ClN2O4S3/c1-12-4-8-14(9-5-12)27(22,23)16-17(26-18(20-16)21(2)3)28(24,25)15-10-6-13(19)7-11-15/h4-11H,1-3H3. The first-order valence-corrected chi connectivity index (χ1v) is 12.2. The van der Waals surface area contributed by atoms with E-state index in [0.29, 0.717) is 5.02 Å². The molecule has 0 saturated carbocycles. The lowest BCUT2D eigenvalue weighted by Gasteiger charge is -2.06. The third-order valence-electron chi connectivity index (χ3n) is 3.89. The van der Waals surface area contributed by atoms with Crippen LogP contribution in [-0.4, -0.2) is 35.9 Å². The van der Waals surface area contributed by atoms with Gasteiger partial charge < -0.3 is 4.90 Å². The molecule has 0 aliphatic carbocycles. The number of thiazole rings is 1. The third kappa shape index (κ3) is 3.80. The molecule has 6 nitrogen and oxygen atoms in total. The van der Waals surface area contributed by atoms with Crippen LogP contribution in [0.25, 0.3) is 0 Å². The van der Waals surface area contributed by atoms with Gasteiger partial charge in [0.15, 0.2) is 14.4 Å². The summed E-state index contributed by atoms with van der Waals surface area (Å²) in [6, 6.07) is 11.8. The third-order valence-corrected chi connectivity index (χ3v) is 9.60. The minimum atomic E-state index is -4.13. The van der Waals surface area contributed by atoms with E-state index in [1.54, 1.807) is 31.1 Å². The molecule has 28 heavy (non-hydrogen) atoms. The molecule has 10 heteroatoms. The SMILES string of the molecule is Cc1ccc(S(=O)(=O)c2nc(N(C)C)sc2S(=O)(=O)c2ccc(Cl)cc2)cc1. The number of rotatable bonds is 5. The van der Waals surface area contributed by atoms with Gasteiger partial charge in [0.2, 0.25) is 19.7 Å². The molecule has 0 unspecified atom stereocenters. The first kappa shape index (κ1) is 20.8. The maximum absolute atomic E-state index is 13.2. The molecule has 0 atom stereocenters. The summed E-state index contributed by atoms with van der Waals surface area (Å²) >= 11 is 6.66. The van der Waals surface area contributed by atoms with Gasteiger partial charge in [0, 0.05) is 19.1 Å². The van der Waals surface area contributed by atoms with Gasteiger partial charge in [-0.3, -0.25) is 0 Å². The highest BCUT2D eigenvalue weighted by molar-refractivity contribution is 7.96. The molecule has 1 heterocycles. The molecular formula is C18H17ClN2O4S3. The zero-order valence-corrected chi connectivity index (χ0v) is 18.5. The largest absolute Gasteiger partial charge is 0.354 e. The van der Waals surface area contributed by atoms with Crippen LogP contribution in [0.4, 0.5) is 5.13 Å². The molecule has 0 amide bonds. The Morgan fingerprint density at radius 1 is 0.857 bits per heavy atom. The Hall–Kier alpha value is -1.94. The van der Waals surface area contributed by atoms with Crippen molar-refractivity contribution in [3.63, 3.8) is 0 Å². The number of benzene rings is 2. The molecule has 148 valence electrons. The summed E-state index contributed by atoms with van der Waals surface area (Å²) in [5, 5.41) is 0.183. The quantitative estimate of drug-likeness (QED) is 0.580. The van der Waals surface area contributed by atoms with Crippen molar-refractivity contribution >= 4 is 47.7 Å². The smallest absolute Gasteiger partial charge is 0.226 e. The van der Waals surface area contributed by atoms with Crippen molar-refractivity contribution in [1.29, 1.82) is 0 Å². The minimum absolute atomic E-state index is 0.0127.